The third-order valence-electron chi connectivity index (χ3n) is 5.29. The maximum Gasteiger partial charge on any atom is 0.222 e. The topological polar surface area (TPSA) is 32.8 Å². The van der Waals surface area contributed by atoms with Crippen molar-refractivity contribution in [1.29, 1.82) is 0 Å². The summed E-state index contributed by atoms with van der Waals surface area (Å²) in [4.78, 5) is 17.1. The van der Waals surface area contributed by atoms with Crippen LogP contribution >= 0.6 is 0 Å². The van der Waals surface area contributed by atoms with Crippen LogP contribution in [0.15, 0.2) is 24.3 Å². The lowest BCUT2D eigenvalue weighted by Crippen LogP contribution is -2.51. The van der Waals surface area contributed by atoms with Gasteiger partial charge >= 0.3 is 0 Å². The van der Waals surface area contributed by atoms with Crippen LogP contribution in [0.5, 0.6) is 5.75 Å². The van der Waals surface area contributed by atoms with Gasteiger partial charge in [0.15, 0.2) is 0 Å². The zero-order chi connectivity index (χ0) is 16.1. The minimum atomic E-state index is 0.298. The second-order valence-corrected chi connectivity index (χ2v) is 6.70. The molecular weight excluding hydrogens is 288 g/mol. The van der Waals surface area contributed by atoms with Crippen LogP contribution in [-0.4, -0.2) is 55.0 Å². The van der Waals surface area contributed by atoms with E-state index in [4.69, 9.17) is 4.74 Å². The maximum absolute atomic E-state index is 12.4. The van der Waals surface area contributed by atoms with Gasteiger partial charge in [0.1, 0.15) is 5.75 Å². The highest BCUT2D eigenvalue weighted by molar-refractivity contribution is 5.76. The summed E-state index contributed by atoms with van der Waals surface area (Å²) in [6.45, 7) is 3.91. The number of carbonyl (C=O) groups is 1. The van der Waals surface area contributed by atoms with Crippen LogP contribution in [0.25, 0.3) is 0 Å². The highest BCUT2D eigenvalue weighted by Crippen LogP contribution is 2.24. The van der Waals surface area contributed by atoms with Crippen molar-refractivity contribution in [3.05, 3.63) is 29.8 Å². The Morgan fingerprint density at radius 1 is 1.09 bits per heavy atom. The molecule has 0 radical (unpaired) electrons. The molecule has 1 aliphatic carbocycles. The third kappa shape index (κ3) is 4.25. The predicted octanol–water partition coefficient (Wildman–Crippen LogP) is 2.71. The maximum atomic E-state index is 12.4. The summed E-state index contributed by atoms with van der Waals surface area (Å²) < 4.78 is 5.16. The quantitative estimate of drug-likeness (QED) is 0.837. The van der Waals surface area contributed by atoms with Crippen molar-refractivity contribution in [2.45, 2.75) is 44.6 Å². The summed E-state index contributed by atoms with van der Waals surface area (Å²) in [7, 11) is 1.67. The van der Waals surface area contributed by atoms with Crippen molar-refractivity contribution in [3.63, 3.8) is 0 Å². The van der Waals surface area contributed by atoms with Crippen molar-refractivity contribution < 1.29 is 9.53 Å². The molecule has 0 aromatic heterocycles. The molecule has 2 aliphatic rings. The first-order chi connectivity index (χ1) is 11.3. The summed E-state index contributed by atoms with van der Waals surface area (Å²) in [5.74, 6) is 1.16. The Balaban J connectivity index is 1.42. The number of benzene rings is 1. The van der Waals surface area contributed by atoms with Gasteiger partial charge in [-0.25, -0.2) is 0 Å². The normalized spacial score (nSPS) is 20.0. The Morgan fingerprint density at radius 3 is 2.35 bits per heavy atom. The van der Waals surface area contributed by atoms with Crippen molar-refractivity contribution >= 4 is 5.91 Å². The van der Waals surface area contributed by atoms with Gasteiger partial charge in [0.25, 0.3) is 0 Å². The lowest BCUT2D eigenvalue weighted by atomic mass is 10.1. The number of ether oxygens (including phenoxy) is 1. The minimum absolute atomic E-state index is 0.298. The third-order valence-corrected chi connectivity index (χ3v) is 5.29. The molecule has 3 rings (SSSR count). The standard InChI is InChI=1S/C19H28N2O2/c1-23-18-9-6-16(7-10-18)8-11-19(22)21-14-12-20(13-15-21)17-4-2-3-5-17/h6-7,9-10,17H,2-5,8,11-15H2,1H3. The van der Waals surface area contributed by atoms with Gasteiger partial charge in [-0.1, -0.05) is 25.0 Å². The van der Waals surface area contributed by atoms with Gasteiger partial charge < -0.3 is 9.64 Å². The van der Waals surface area contributed by atoms with Gasteiger partial charge in [-0.15, -0.1) is 0 Å². The second-order valence-electron chi connectivity index (χ2n) is 6.70. The smallest absolute Gasteiger partial charge is 0.222 e. The fraction of sp³-hybridized carbons (Fsp3) is 0.632. The molecule has 0 N–H and O–H groups in total. The van der Waals surface area contributed by atoms with Crippen molar-refractivity contribution in [3.8, 4) is 5.75 Å². The molecule has 126 valence electrons. The van der Waals surface area contributed by atoms with Gasteiger partial charge in [-0.3, -0.25) is 9.69 Å². The van der Waals surface area contributed by atoms with E-state index in [-0.39, 0.29) is 0 Å². The Hall–Kier alpha value is -1.55. The number of nitrogens with zero attached hydrogens (tertiary/aromatic N) is 2. The van der Waals surface area contributed by atoms with E-state index in [1.165, 1.54) is 31.2 Å². The molecule has 1 aliphatic heterocycles. The minimum Gasteiger partial charge on any atom is -0.497 e. The largest absolute Gasteiger partial charge is 0.497 e. The van der Waals surface area contributed by atoms with E-state index in [0.29, 0.717) is 12.3 Å². The highest BCUT2D eigenvalue weighted by Gasteiger charge is 2.27. The number of carbonyl (C=O) groups excluding carboxylic acids is 1. The van der Waals surface area contributed by atoms with Crippen molar-refractivity contribution in [1.82, 2.24) is 9.80 Å². The molecule has 4 nitrogen and oxygen atoms in total. The molecule has 1 aromatic rings. The van der Waals surface area contributed by atoms with Crippen molar-refractivity contribution in [2.75, 3.05) is 33.3 Å². The predicted molar refractivity (Wildman–Crippen MR) is 91.7 cm³/mol. The summed E-state index contributed by atoms with van der Waals surface area (Å²) >= 11 is 0. The van der Waals surface area contributed by atoms with Gasteiger partial charge in [-0.05, 0) is 37.0 Å². The van der Waals surface area contributed by atoms with Gasteiger partial charge in [-0.2, -0.15) is 0 Å². The fourth-order valence-corrected chi connectivity index (χ4v) is 3.81. The Bertz CT molecular complexity index is 501. The lowest BCUT2D eigenvalue weighted by molar-refractivity contribution is -0.133. The van der Waals surface area contributed by atoms with Crippen LogP contribution in [-0.2, 0) is 11.2 Å². The molecular formula is C19H28N2O2. The molecule has 1 heterocycles. The van der Waals surface area contributed by atoms with E-state index in [1.54, 1.807) is 7.11 Å². The molecule has 0 bridgehead atoms. The first-order valence-electron chi connectivity index (χ1n) is 8.91. The van der Waals surface area contributed by atoms with E-state index in [0.717, 1.165) is 44.4 Å². The summed E-state index contributed by atoms with van der Waals surface area (Å²) in [5.41, 5.74) is 1.20. The highest BCUT2D eigenvalue weighted by atomic mass is 16.5. The zero-order valence-electron chi connectivity index (χ0n) is 14.2. The van der Waals surface area contributed by atoms with E-state index < -0.39 is 0 Å². The van der Waals surface area contributed by atoms with Crippen molar-refractivity contribution in [2.24, 2.45) is 0 Å². The average Bonchev–Trinajstić information content (AvgIpc) is 3.15. The fourth-order valence-electron chi connectivity index (χ4n) is 3.81. The second kappa shape index (κ2) is 7.82. The molecule has 0 atom stereocenters. The lowest BCUT2D eigenvalue weighted by Gasteiger charge is -2.38. The zero-order valence-corrected chi connectivity index (χ0v) is 14.2. The average molecular weight is 316 g/mol. The molecule has 1 saturated carbocycles. The van der Waals surface area contributed by atoms with Crippen LogP contribution in [0.4, 0.5) is 0 Å². The Morgan fingerprint density at radius 2 is 1.74 bits per heavy atom. The Labute approximate surface area is 139 Å². The number of amides is 1. The number of aryl methyl sites for hydroxylation is 1. The summed E-state index contributed by atoms with van der Waals surface area (Å²) in [6, 6.07) is 8.79. The van der Waals surface area contributed by atoms with Gasteiger partial charge in [0.05, 0.1) is 7.11 Å². The van der Waals surface area contributed by atoms with E-state index >= 15 is 0 Å². The molecule has 2 fully saturated rings. The van der Waals surface area contributed by atoms with E-state index in [1.807, 2.05) is 24.3 Å². The van der Waals surface area contributed by atoms with Gasteiger partial charge in [0.2, 0.25) is 5.91 Å². The van der Waals surface area contributed by atoms with Crippen LogP contribution in [0.3, 0.4) is 0 Å². The van der Waals surface area contributed by atoms with Crippen LogP contribution in [0.2, 0.25) is 0 Å². The van der Waals surface area contributed by atoms with Crippen LogP contribution in [0.1, 0.15) is 37.7 Å². The summed E-state index contributed by atoms with van der Waals surface area (Å²) in [5, 5.41) is 0. The van der Waals surface area contributed by atoms with Crippen LogP contribution in [0, 0.1) is 0 Å². The van der Waals surface area contributed by atoms with Gasteiger partial charge in [0, 0.05) is 38.6 Å². The molecule has 23 heavy (non-hydrogen) atoms. The first-order valence-corrected chi connectivity index (χ1v) is 8.91. The SMILES string of the molecule is COc1ccc(CCC(=O)N2CCN(C3CCCC3)CC2)cc1. The number of piperazine rings is 1. The van der Waals surface area contributed by atoms with Crippen LogP contribution < -0.4 is 4.74 Å². The Kier molecular flexibility index (Phi) is 5.55. The molecule has 0 unspecified atom stereocenters. The molecule has 1 saturated heterocycles. The molecule has 1 aromatic carbocycles. The number of rotatable bonds is 5. The number of hydrogen-bond acceptors (Lipinski definition) is 3. The number of methoxy groups -OCH3 is 1. The molecule has 1 amide bonds. The summed E-state index contributed by atoms with van der Waals surface area (Å²) in [6.07, 6.45) is 6.88. The van der Waals surface area contributed by atoms with E-state index in [9.17, 15) is 4.79 Å². The monoisotopic (exact) mass is 316 g/mol. The van der Waals surface area contributed by atoms with E-state index in [2.05, 4.69) is 9.80 Å². The molecule has 0 spiro atoms. The molecule has 4 heteroatoms. The first kappa shape index (κ1) is 16.3. The number of hydrogen-bond donors (Lipinski definition) is 0.